The molecule has 0 aliphatic rings. The van der Waals surface area contributed by atoms with E-state index >= 15 is 0 Å². The number of carbonyl (C=O) groups is 1. The summed E-state index contributed by atoms with van der Waals surface area (Å²) in [6.45, 7) is 7.14. The van der Waals surface area contributed by atoms with Crippen molar-refractivity contribution in [3.8, 4) is 0 Å². The summed E-state index contributed by atoms with van der Waals surface area (Å²) in [4.78, 5) is 13.1. The highest BCUT2D eigenvalue weighted by atomic mass is 32.1. The first kappa shape index (κ1) is 16.2. The van der Waals surface area contributed by atoms with E-state index in [1.807, 2.05) is 6.92 Å². The Balaban J connectivity index is 4.19. The zero-order valence-corrected chi connectivity index (χ0v) is 11.8. The fourth-order valence-corrected chi connectivity index (χ4v) is 1.64. The van der Waals surface area contributed by atoms with E-state index in [0.717, 1.165) is 25.7 Å². The standard InChI is InChI=1S/C12H23NO3S/c1-4-7-8-9-10-13(11(14)15-5-2)12(17)16-6-3/h4-10H2,1-3H3. The van der Waals surface area contributed by atoms with Gasteiger partial charge in [0.2, 0.25) is 0 Å². The molecule has 4 nitrogen and oxygen atoms in total. The monoisotopic (exact) mass is 261 g/mol. The van der Waals surface area contributed by atoms with Gasteiger partial charge in [-0.3, -0.25) is 0 Å². The van der Waals surface area contributed by atoms with Gasteiger partial charge in [-0.15, -0.1) is 0 Å². The Morgan fingerprint density at radius 2 is 1.71 bits per heavy atom. The maximum atomic E-state index is 11.7. The van der Waals surface area contributed by atoms with Crippen LogP contribution in [0.2, 0.25) is 0 Å². The molecule has 5 heteroatoms. The molecule has 0 radical (unpaired) electrons. The van der Waals surface area contributed by atoms with Crippen LogP contribution in [0.4, 0.5) is 4.79 Å². The second-order valence-electron chi connectivity index (χ2n) is 3.61. The number of carbonyl (C=O) groups excluding carboxylic acids is 1. The van der Waals surface area contributed by atoms with E-state index in [1.54, 1.807) is 6.92 Å². The summed E-state index contributed by atoms with van der Waals surface area (Å²) in [5.41, 5.74) is 0. The molecule has 1 amide bonds. The van der Waals surface area contributed by atoms with Gasteiger partial charge in [0.05, 0.1) is 13.2 Å². The van der Waals surface area contributed by atoms with Crippen molar-refractivity contribution in [2.45, 2.75) is 46.5 Å². The van der Waals surface area contributed by atoms with Gasteiger partial charge in [-0.1, -0.05) is 26.2 Å². The van der Waals surface area contributed by atoms with Gasteiger partial charge in [0.15, 0.2) is 0 Å². The van der Waals surface area contributed by atoms with Gasteiger partial charge in [0.1, 0.15) is 0 Å². The fraction of sp³-hybridized carbons (Fsp3) is 0.833. The van der Waals surface area contributed by atoms with Crippen LogP contribution in [0.5, 0.6) is 0 Å². The first-order valence-electron chi connectivity index (χ1n) is 6.28. The smallest absolute Gasteiger partial charge is 0.417 e. The number of hydrogen-bond acceptors (Lipinski definition) is 4. The predicted molar refractivity (Wildman–Crippen MR) is 72.1 cm³/mol. The molecule has 100 valence electrons. The first-order chi connectivity index (χ1) is 8.17. The van der Waals surface area contributed by atoms with Crippen LogP contribution >= 0.6 is 12.2 Å². The minimum atomic E-state index is -0.414. The van der Waals surface area contributed by atoms with Crippen LogP contribution < -0.4 is 0 Å². The SMILES string of the molecule is CCCCCCN(C(=O)OCC)C(=S)OCC. The van der Waals surface area contributed by atoms with Gasteiger partial charge in [0, 0.05) is 6.54 Å². The van der Waals surface area contributed by atoms with Crippen molar-refractivity contribution < 1.29 is 14.3 Å². The van der Waals surface area contributed by atoms with Crippen molar-refractivity contribution in [3.63, 3.8) is 0 Å². The molecule has 0 aliphatic carbocycles. The fourth-order valence-electron chi connectivity index (χ4n) is 1.36. The van der Waals surface area contributed by atoms with Crippen molar-refractivity contribution in [3.05, 3.63) is 0 Å². The van der Waals surface area contributed by atoms with E-state index in [4.69, 9.17) is 21.7 Å². The molecular formula is C12H23NO3S. The summed E-state index contributed by atoms with van der Waals surface area (Å²) in [6.07, 6.45) is 3.91. The minimum absolute atomic E-state index is 0.211. The van der Waals surface area contributed by atoms with Gasteiger partial charge in [-0.05, 0) is 32.5 Å². The highest BCUT2D eigenvalue weighted by Gasteiger charge is 2.19. The number of hydrogen-bond donors (Lipinski definition) is 0. The molecule has 0 heterocycles. The maximum Gasteiger partial charge on any atom is 0.417 e. The largest absolute Gasteiger partial charge is 0.471 e. The average Bonchev–Trinajstić information content (AvgIpc) is 2.29. The predicted octanol–water partition coefficient (Wildman–Crippen LogP) is 3.35. The summed E-state index contributed by atoms with van der Waals surface area (Å²) in [6, 6.07) is 0. The second-order valence-corrected chi connectivity index (χ2v) is 3.96. The first-order valence-corrected chi connectivity index (χ1v) is 6.69. The van der Waals surface area contributed by atoms with Crippen LogP contribution in [0.15, 0.2) is 0 Å². The summed E-state index contributed by atoms with van der Waals surface area (Å²) in [7, 11) is 0. The number of rotatable bonds is 7. The summed E-state index contributed by atoms with van der Waals surface area (Å²) in [5, 5.41) is 0.211. The molecule has 0 aromatic carbocycles. The molecule has 0 N–H and O–H groups in total. The topological polar surface area (TPSA) is 38.8 Å². The lowest BCUT2D eigenvalue weighted by atomic mass is 10.2. The molecule has 0 aromatic heterocycles. The van der Waals surface area contributed by atoms with E-state index in [9.17, 15) is 4.79 Å². The number of thiocarbonyl (C=S) groups is 1. The molecule has 0 saturated heterocycles. The molecule has 0 atom stereocenters. The molecule has 0 rings (SSSR count). The Bertz CT molecular complexity index is 216. The van der Waals surface area contributed by atoms with E-state index in [1.165, 1.54) is 4.90 Å². The summed E-state index contributed by atoms with van der Waals surface area (Å²) >= 11 is 5.05. The molecular weight excluding hydrogens is 238 g/mol. The van der Waals surface area contributed by atoms with Crippen LogP contribution in [0.3, 0.4) is 0 Å². The Morgan fingerprint density at radius 3 is 2.24 bits per heavy atom. The molecule has 0 fully saturated rings. The van der Waals surface area contributed by atoms with E-state index < -0.39 is 6.09 Å². The Hall–Kier alpha value is -0.840. The van der Waals surface area contributed by atoms with Gasteiger partial charge in [-0.2, -0.15) is 0 Å². The lowest BCUT2D eigenvalue weighted by Gasteiger charge is -2.21. The third-order valence-electron chi connectivity index (χ3n) is 2.21. The molecule has 0 bridgehead atoms. The van der Waals surface area contributed by atoms with Crippen LogP contribution in [0.1, 0.15) is 46.5 Å². The highest BCUT2D eigenvalue weighted by Crippen LogP contribution is 2.05. The Morgan fingerprint density at radius 1 is 1.06 bits per heavy atom. The minimum Gasteiger partial charge on any atom is -0.471 e. The van der Waals surface area contributed by atoms with E-state index in [2.05, 4.69) is 6.92 Å². The molecule has 0 aromatic rings. The van der Waals surface area contributed by atoms with Crippen molar-refractivity contribution >= 4 is 23.5 Å². The van der Waals surface area contributed by atoms with E-state index in [-0.39, 0.29) is 5.17 Å². The molecule has 0 saturated carbocycles. The zero-order chi connectivity index (χ0) is 13.1. The van der Waals surface area contributed by atoms with Crippen molar-refractivity contribution in [2.24, 2.45) is 0 Å². The van der Waals surface area contributed by atoms with Crippen LogP contribution in [-0.2, 0) is 9.47 Å². The number of unbranched alkanes of at least 4 members (excludes halogenated alkanes) is 3. The lowest BCUT2D eigenvalue weighted by Crippen LogP contribution is -2.38. The van der Waals surface area contributed by atoms with Crippen LogP contribution in [0.25, 0.3) is 0 Å². The third-order valence-corrected chi connectivity index (χ3v) is 2.55. The Kier molecular flexibility index (Phi) is 9.81. The summed E-state index contributed by atoms with van der Waals surface area (Å²) in [5.74, 6) is 0. The maximum absolute atomic E-state index is 11.7. The van der Waals surface area contributed by atoms with Crippen molar-refractivity contribution in [2.75, 3.05) is 19.8 Å². The third kappa shape index (κ3) is 7.15. The second kappa shape index (κ2) is 10.3. The average molecular weight is 261 g/mol. The normalized spacial score (nSPS) is 9.82. The molecule has 17 heavy (non-hydrogen) atoms. The quantitative estimate of drug-likeness (QED) is 0.520. The molecule has 0 unspecified atom stereocenters. The highest BCUT2D eigenvalue weighted by molar-refractivity contribution is 7.80. The van der Waals surface area contributed by atoms with Crippen molar-refractivity contribution in [1.29, 1.82) is 0 Å². The number of ether oxygens (including phenoxy) is 2. The van der Waals surface area contributed by atoms with Gasteiger partial charge < -0.3 is 9.47 Å². The Labute approximate surface area is 109 Å². The van der Waals surface area contributed by atoms with Crippen molar-refractivity contribution in [1.82, 2.24) is 4.90 Å². The van der Waals surface area contributed by atoms with Gasteiger partial charge >= 0.3 is 6.09 Å². The van der Waals surface area contributed by atoms with Crippen LogP contribution in [-0.4, -0.2) is 35.9 Å². The van der Waals surface area contributed by atoms with Gasteiger partial charge in [-0.25, -0.2) is 9.69 Å². The number of nitrogens with zero attached hydrogens (tertiary/aromatic N) is 1. The number of amides is 1. The lowest BCUT2D eigenvalue weighted by molar-refractivity contribution is 0.119. The molecule has 0 spiro atoms. The van der Waals surface area contributed by atoms with Crippen LogP contribution in [0, 0.1) is 0 Å². The zero-order valence-electron chi connectivity index (χ0n) is 11.0. The van der Waals surface area contributed by atoms with E-state index in [0.29, 0.717) is 19.8 Å². The van der Waals surface area contributed by atoms with Gasteiger partial charge in [0.25, 0.3) is 5.17 Å². The molecule has 0 aliphatic heterocycles. The summed E-state index contributed by atoms with van der Waals surface area (Å²) < 4.78 is 10.1.